The average molecular weight is 971 g/mol. The zero-order chi connectivity index (χ0) is 49.2. The van der Waals surface area contributed by atoms with Gasteiger partial charge in [-0.05, 0) is 77.0 Å². The molecular formula is C53H95O13P. The van der Waals surface area contributed by atoms with Crippen LogP contribution in [0.4, 0.5) is 0 Å². The number of carbonyl (C=O) groups is 2. The second-order valence-electron chi connectivity index (χ2n) is 18.4. The Balaban J connectivity index is 2.38. The summed E-state index contributed by atoms with van der Waals surface area (Å²) in [6.07, 6.45) is 38.7. The Morgan fingerprint density at radius 2 is 0.806 bits per heavy atom. The van der Waals surface area contributed by atoms with Crippen LogP contribution in [0.3, 0.4) is 0 Å². The summed E-state index contributed by atoms with van der Waals surface area (Å²) >= 11 is 0. The third kappa shape index (κ3) is 34.7. The molecule has 14 heteroatoms. The molecule has 6 N–H and O–H groups in total. The van der Waals surface area contributed by atoms with Gasteiger partial charge in [0.25, 0.3) is 0 Å². The minimum Gasteiger partial charge on any atom is -0.462 e. The van der Waals surface area contributed by atoms with Crippen molar-refractivity contribution in [2.45, 2.75) is 262 Å². The van der Waals surface area contributed by atoms with Gasteiger partial charge in [0.05, 0.1) is 6.61 Å². The van der Waals surface area contributed by atoms with E-state index in [1.54, 1.807) is 0 Å². The largest absolute Gasteiger partial charge is 0.472 e. The third-order valence-corrected chi connectivity index (χ3v) is 13.1. The van der Waals surface area contributed by atoms with Gasteiger partial charge < -0.3 is 39.9 Å². The molecule has 67 heavy (non-hydrogen) atoms. The summed E-state index contributed by atoms with van der Waals surface area (Å²) < 4.78 is 33.6. The van der Waals surface area contributed by atoms with Crippen LogP contribution in [0.15, 0.2) is 48.6 Å². The Bertz CT molecular complexity index is 1350. The van der Waals surface area contributed by atoms with Crippen molar-refractivity contribution in [2.75, 3.05) is 13.2 Å². The Labute approximate surface area is 405 Å². The molecule has 1 aliphatic carbocycles. The van der Waals surface area contributed by atoms with E-state index >= 15 is 0 Å². The molecule has 0 spiro atoms. The molecule has 0 aromatic carbocycles. The maximum atomic E-state index is 12.9. The number of hydrogen-bond donors (Lipinski definition) is 6. The molecule has 6 unspecified atom stereocenters. The highest BCUT2D eigenvalue weighted by molar-refractivity contribution is 7.47. The number of ether oxygens (including phenoxy) is 2. The second kappa shape index (κ2) is 42.7. The van der Waals surface area contributed by atoms with Gasteiger partial charge in [-0.3, -0.25) is 18.6 Å². The molecule has 1 rings (SSSR count). The standard InChI is InChI=1S/C53H95O13P/c1-3-5-7-9-11-13-15-17-19-20-21-22-23-24-25-26-28-30-32-34-36-38-40-42-47(55)65-45(44-64-67(61,62)66-53-51(59)49(57)48(56)50(58)52(53)60)43-63-46(54)41-39-37-35-33-31-29-27-18-16-14-12-10-8-6-4-2/h12,14-15,17-18,20-21,27,45,48-53,56-60H,3-11,13,16,19,22-26,28-44H2,1-2H3,(H,61,62)/b14-12-,17-15-,21-20-,27-18-. The Morgan fingerprint density at radius 1 is 0.463 bits per heavy atom. The summed E-state index contributed by atoms with van der Waals surface area (Å²) in [4.78, 5) is 35.8. The van der Waals surface area contributed by atoms with Crippen LogP contribution < -0.4 is 0 Å². The van der Waals surface area contributed by atoms with Crippen molar-refractivity contribution < 1.29 is 63.1 Å². The first-order chi connectivity index (χ1) is 32.4. The number of carbonyl (C=O) groups excluding carboxylic acids is 2. The minimum absolute atomic E-state index is 0.0906. The van der Waals surface area contributed by atoms with Crippen molar-refractivity contribution in [3.8, 4) is 0 Å². The van der Waals surface area contributed by atoms with E-state index in [1.165, 1.54) is 96.3 Å². The van der Waals surface area contributed by atoms with Gasteiger partial charge in [0, 0.05) is 12.8 Å². The quantitative estimate of drug-likeness (QED) is 0.0145. The van der Waals surface area contributed by atoms with Crippen LogP contribution in [0.25, 0.3) is 0 Å². The maximum Gasteiger partial charge on any atom is 0.472 e. The number of aliphatic hydroxyl groups is 5. The Kier molecular flexibility index (Phi) is 40.0. The van der Waals surface area contributed by atoms with Crippen LogP contribution in [0.1, 0.15) is 219 Å². The SMILES string of the molecule is CCCCC/C=C\C/C=C\CCCCCCCC(=O)OCC(COP(=O)(O)OC1C(O)C(O)C(O)C(O)C1O)OC(=O)CCCCCCCCCCCCC/C=C\C/C=C\CCCCCCC. The molecule has 0 aliphatic heterocycles. The zero-order valence-corrected chi connectivity index (χ0v) is 42.6. The van der Waals surface area contributed by atoms with Crippen LogP contribution in [0.5, 0.6) is 0 Å². The van der Waals surface area contributed by atoms with E-state index in [-0.39, 0.29) is 12.8 Å². The molecule has 0 amide bonds. The molecule has 0 heterocycles. The van der Waals surface area contributed by atoms with Crippen molar-refractivity contribution in [2.24, 2.45) is 0 Å². The van der Waals surface area contributed by atoms with Crippen molar-refractivity contribution in [1.82, 2.24) is 0 Å². The molecule has 0 saturated heterocycles. The summed E-state index contributed by atoms with van der Waals surface area (Å²) in [7, 11) is -5.13. The molecular weight excluding hydrogens is 876 g/mol. The summed E-state index contributed by atoms with van der Waals surface area (Å²) in [5.41, 5.74) is 0. The highest BCUT2D eigenvalue weighted by atomic mass is 31.2. The number of esters is 2. The van der Waals surface area contributed by atoms with E-state index in [0.717, 1.165) is 83.5 Å². The molecule has 0 radical (unpaired) electrons. The lowest BCUT2D eigenvalue weighted by atomic mass is 9.85. The molecule has 1 saturated carbocycles. The second-order valence-corrected chi connectivity index (χ2v) is 19.8. The van der Waals surface area contributed by atoms with Crippen molar-refractivity contribution in [1.29, 1.82) is 0 Å². The molecule has 390 valence electrons. The fourth-order valence-corrected chi connectivity index (χ4v) is 8.85. The van der Waals surface area contributed by atoms with E-state index in [1.807, 2.05) is 0 Å². The summed E-state index contributed by atoms with van der Waals surface area (Å²) in [5.74, 6) is -1.11. The first-order valence-corrected chi connectivity index (χ1v) is 27.9. The van der Waals surface area contributed by atoms with E-state index in [0.29, 0.717) is 12.8 Å². The minimum atomic E-state index is -5.13. The van der Waals surface area contributed by atoms with Crippen LogP contribution in [0.2, 0.25) is 0 Å². The number of aliphatic hydroxyl groups excluding tert-OH is 5. The lowest BCUT2D eigenvalue weighted by molar-refractivity contribution is -0.220. The molecule has 13 nitrogen and oxygen atoms in total. The van der Waals surface area contributed by atoms with Gasteiger partial charge in [0.1, 0.15) is 43.2 Å². The van der Waals surface area contributed by atoms with E-state index < -0.39 is 75.7 Å². The topological polar surface area (TPSA) is 210 Å². The van der Waals surface area contributed by atoms with E-state index in [9.17, 15) is 44.6 Å². The van der Waals surface area contributed by atoms with Gasteiger partial charge in [-0.1, -0.05) is 178 Å². The van der Waals surface area contributed by atoms with Gasteiger partial charge in [0.2, 0.25) is 0 Å². The number of phosphoric ester groups is 1. The van der Waals surface area contributed by atoms with Crippen molar-refractivity contribution in [3.63, 3.8) is 0 Å². The Hall–Kier alpha value is -2.19. The van der Waals surface area contributed by atoms with Crippen LogP contribution in [-0.2, 0) is 32.7 Å². The van der Waals surface area contributed by atoms with Gasteiger partial charge >= 0.3 is 19.8 Å². The molecule has 1 fully saturated rings. The molecule has 0 aromatic heterocycles. The first-order valence-electron chi connectivity index (χ1n) is 26.4. The van der Waals surface area contributed by atoms with E-state index in [2.05, 4.69) is 62.5 Å². The molecule has 0 aromatic rings. The predicted octanol–water partition coefficient (Wildman–Crippen LogP) is 11.5. The number of unbranched alkanes of at least 4 members (excludes halogenated alkanes) is 24. The predicted molar refractivity (Wildman–Crippen MR) is 267 cm³/mol. The fraction of sp³-hybridized carbons (Fsp3) is 0.811. The maximum absolute atomic E-state index is 12.9. The summed E-state index contributed by atoms with van der Waals surface area (Å²) in [5, 5.41) is 50.3. The smallest absolute Gasteiger partial charge is 0.462 e. The molecule has 6 atom stereocenters. The van der Waals surface area contributed by atoms with Crippen LogP contribution in [0, 0.1) is 0 Å². The van der Waals surface area contributed by atoms with Gasteiger partial charge in [-0.25, -0.2) is 4.57 Å². The zero-order valence-electron chi connectivity index (χ0n) is 41.7. The third-order valence-electron chi connectivity index (χ3n) is 12.1. The van der Waals surface area contributed by atoms with Gasteiger partial charge in [-0.15, -0.1) is 0 Å². The summed E-state index contributed by atoms with van der Waals surface area (Å²) in [6.45, 7) is 3.27. The monoisotopic (exact) mass is 971 g/mol. The van der Waals surface area contributed by atoms with Gasteiger partial charge in [-0.2, -0.15) is 0 Å². The number of hydrogen-bond acceptors (Lipinski definition) is 12. The van der Waals surface area contributed by atoms with Gasteiger partial charge in [0.15, 0.2) is 6.10 Å². The first kappa shape index (κ1) is 62.8. The van der Waals surface area contributed by atoms with Crippen molar-refractivity contribution in [3.05, 3.63) is 48.6 Å². The summed E-state index contributed by atoms with van der Waals surface area (Å²) in [6, 6.07) is 0. The number of allylic oxidation sites excluding steroid dienone is 8. The van der Waals surface area contributed by atoms with E-state index in [4.69, 9.17) is 18.5 Å². The highest BCUT2D eigenvalue weighted by Gasteiger charge is 2.51. The van der Waals surface area contributed by atoms with Crippen LogP contribution in [-0.4, -0.2) is 98.3 Å². The van der Waals surface area contributed by atoms with Crippen LogP contribution >= 0.6 is 7.82 Å². The Morgan fingerprint density at radius 3 is 1.24 bits per heavy atom. The molecule has 0 bridgehead atoms. The average Bonchev–Trinajstić information content (AvgIpc) is 3.31. The highest BCUT2D eigenvalue weighted by Crippen LogP contribution is 2.47. The fourth-order valence-electron chi connectivity index (χ4n) is 7.88. The lowest BCUT2D eigenvalue weighted by Crippen LogP contribution is -2.64. The molecule has 1 aliphatic rings. The lowest BCUT2D eigenvalue weighted by Gasteiger charge is -2.41. The number of rotatable bonds is 44. The normalized spacial score (nSPS) is 21.5. The van der Waals surface area contributed by atoms with Crippen molar-refractivity contribution >= 4 is 19.8 Å². The number of phosphoric acid groups is 1.